The Labute approximate surface area is 149 Å². The normalized spacial score (nSPS) is 12.3. The average molecular weight is 338 g/mol. The molecule has 0 saturated carbocycles. The number of carbonyl (C=O) groups is 2. The topological polar surface area (TPSA) is 58.2 Å². The number of carbonyl (C=O) groups excluding carboxylic acids is 2. The summed E-state index contributed by atoms with van der Waals surface area (Å²) in [7, 11) is 0. The molecule has 25 heavy (non-hydrogen) atoms. The lowest BCUT2D eigenvalue weighted by molar-refractivity contribution is -0.125. The molecular formula is C21H26N2O2. The maximum absolute atomic E-state index is 12.5. The van der Waals surface area contributed by atoms with Gasteiger partial charge in [0.1, 0.15) is 0 Å². The van der Waals surface area contributed by atoms with Gasteiger partial charge in [0, 0.05) is 23.2 Å². The fourth-order valence-corrected chi connectivity index (χ4v) is 2.91. The van der Waals surface area contributed by atoms with Crippen LogP contribution in [0.4, 0.5) is 11.4 Å². The molecule has 0 bridgehead atoms. The Bertz CT molecular complexity index is 696. The fourth-order valence-electron chi connectivity index (χ4n) is 2.91. The lowest BCUT2D eigenvalue weighted by Gasteiger charge is -2.26. The molecular weight excluding hydrogens is 312 g/mol. The van der Waals surface area contributed by atoms with E-state index in [-0.39, 0.29) is 17.7 Å². The van der Waals surface area contributed by atoms with Gasteiger partial charge in [0.2, 0.25) is 11.8 Å². The number of rotatable bonds is 7. The summed E-state index contributed by atoms with van der Waals surface area (Å²) < 4.78 is 0. The van der Waals surface area contributed by atoms with Crippen molar-refractivity contribution in [2.24, 2.45) is 11.3 Å². The number of benzene rings is 2. The number of amides is 2. The highest BCUT2D eigenvalue weighted by molar-refractivity contribution is 5.95. The highest BCUT2D eigenvalue weighted by Crippen LogP contribution is 2.29. The van der Waals surface area contributed by atoms with Gasteiger partial charge in [0.25, 0.3) is 0 Å². The Morgan fingerprint density at radius 1 is 0.880 bits per heavy atom. The van der Waals surface area contributed by atoms with Gasteiger partial charge >= 0.3 is 0 Å². The van der Waals surface area contributed by atoms with Gasteiger partial charge in [0.05, 0.1) is 0 Å². The van der Waals surface area contributed by atoms with Crippen molar-refractivity contribution in [2.75, 3.05) is 10.6 Å². The molecule has 2 aromatic carbocycles. The molecule has 2 aromatic rings. The van der Waals surface area contributed by atoms with Gasteiger partial charge < -0.3 is 10.6 Å². The van der Waals surface area contributed by atoms with Gasteiger partial charge in [-0.1, -0.05) is 57.2 Å². The summed E-state index contributed by atoms with van der Waals surface area (Å²) in [5.41, 5.74) is 1.03. The van der Waals surface area contributed by atoms with Crippen LogP contribution in [0.5, 0.6) is 0 Å². The summed E-state index contributed by atoms with van der Waals surface area (Å²) in [6, 6.07) is 18.8. The molecule has 0 aliphatic rings. The number of anilines is 2. The van der Waals surface area contributed by atoms with Crippen LogP contribution in [0.25, 0.3) is 0 Å². The minimum atomic E-state index is -0.553. The highest BCUT2D eigenvalue weighted by atomic mass is 16.2. The lowest BCUT2D eigenvalue weighted by Crippen LogP contribution is -2.33. The summed E-state index contributed by atoms with van der Waals surface area (Å²) in [6.07, 6.45) is 1.02. The molecule has 0 radical (unpaired) electrons. The maximum Gasteiger partial charge on any atom is 0.230 e. The first-order valence-corrected chi connectivity index (χ1v) is 8.58. The predicted octanol–water partition coefficient (Wildman–Crippen LogP) is 4.71. The maximum atomic E-state index is 12.5. The minimum absolute atomic E-state index is 0.0297. The van der Waals surface area contributed by atoms with E-state index in [0.29, 0.717) is 12.8 Å². The second-order valence-electron chi connectivity index (χ2n) is 7.13. The molecule has 2 N–H and O–H groups in total. The van der Waals surface area contributed by atoms with Gasteiger partial charge in [0.15, 0.2) is 0 Å². The van der Waals surface area contributed by atoms with E-state index in [1.54, 1.807) is 0 Å². The summed E-state index contributed by atoms with van der Waals surface area (Å²) in [4.78, 5) is 24.7. The molecule has 0 heterocycles. The van der Waals surface area contributed by atoms with Crippen LogP contribution in [0.1, 0.15) is 33.6 Å². The van der Waals surface area contributed by atoms with Crippen LogP contribution < -0.4 is 10.6 Å². The summed E-state index contributed by atoms with van der Waals surface area (Å²) >= 11 is 0. The first kappa shape index (κ1) is 18.7. The SMILES string of the molecule is CC(CC(=O)Nc1ccccc1)CC(C)(C)C(=O)Nc1ccccc1. The van der Waals surface area contributed by atoms with E-state index in [2.05, 4.69) is 10.6 Å². The molecule has 0 saturated heterocycles. The zero-order valence-corrected chi connectivity index (χ0v) is 15.1. The Morgan fingerprint density at radius 2 is 1.36 bits per heavy atom. The first-order chi connectivity index (χ1) is 11.9. The fraction of sp³-hybridized carbons (Fsp3) is 0.333. The van der Waals surface area contributed by atoms with E-state index in [0.717, 1.165) is 11.4 Å². The third-order valence-electron chi connectivity index (χ3n) is 4.10. The number of hydrogen-bond donors (Lipinski definition) is 2. The molecule has 0 fully saturated rings. The van der Waals surface area contributed by atoms with Gasteiger partial charge in [-0.2, -0.15) is 0 Å². The van der Waals surface area contributed by atoms with Crippen LogP contribution >= 0.6 is 0 Å². The van der Waals surface area contributed by atoms with Crippen molar-refractivity contribution < 1.29 is 9.59 Å². The van der Waals surface area contributed by atoms with Crippen molar-refractivity contribution in [1.29, 1.82) is 0 Å². The number of nitrogens with one attached hydrogen (secondary N) is 2. The van der Waals surface area contributed by atoms with Gasteiger partial charge in [-0.05, 0) is 36.6 Å². The van der Waals surface area contributed by atoms with Crippen LogP contribution in [-0.4, -0.2) is 11.8 Å². The summed E-state index contributed by atoms with van der Waals surface area (Å²) in [6.45, 7) is 5.83. The van der Waals surface area contributed by atoms with E-state index in [1.165, 1.54) is 0 Å². The van der Waals surface area contributed by atoms with Crippen molar-refractivity contribution >= 4 is 23.2 Å². The average Bonchev–Trinajstić information content (AvgIpc) is 2.55. The zero-order chi connectivity index (χ0) is 18.3. The van der Waals surface area contributed by atoms with Gasteiger partial charge in [-0.3, -0.25) is 9.59 Å². The Balaban J connectivity index is 1.86. The van der Waals surface area contributed by atoms with E-state index in [4.69, 9.17) is 0 Å². The van der Waals surface area contributed by atoms with Crippen molar-refractivity contribution in [1.82, 2.24) is 0 Å². The zero-order valence-electron chi connectivity index (χ0n) is 15.1. The van der Waals surface area contributed by atoms with E-state index in [1.807, 2.05) is 81.4 Å². The third kappa shape index (κ3) is 6.07. The van der Waals surface area contributed by atoms with Crippen LogP contribution in [0.2, 0.25) is 0 Å². The van der Waals surface area contributed by atoms with Crippen molar-refractivity contribution in [2.45, 2.75) is 33.6 Å². The molecule has 0 aromatic heterocycles. The molecule has 0 aliphatic heterocycles. The summed E-state index contributed by atoms with van der Waals surface area (Å²) in [5, 5.41) is 5.83. The first-order valence-electron chi connectivity index (χ1n) is 8.58. The van der Waals surface area contributed by atoms with Crippen LogP contribution in [0, 0.1) is 11.3 Å². The monoisotopic (exact) mass is 338 g/mol. The van der Waals surface area contributed by atoms with Crippen molar-refractivity contribution in [3.05, 3.63) is 60.7 Å². The van der Waals surface area contributed by atoms with Gasteiger partial charge in [-0.15, -0.1) is 0 Å². The molecule has 4 nitrogen and oxygen atoms in total. The Kier molecular flexibility index (Phi) is 6.34. The second-order valence-corrected chi connectivity index (χ2v) is 7.13. The minimum Gasteiger partial charge on any atom is -0.326 e. The molecule has 2 rings (SSSR count). The largest absolute Gasteiger partial charge is 0.326 e. The van der Waals surface area contributed by atoms with Crippen LogP contribution in [-0.2, 0) is 9.59 Å². The second kappa shape index (κ2) is 8.47. The standard InChI is InChI=1S/C21H26N2O2/c1-16(14-19(24)22-17-10-6-4-7-11-17)15-21(2,3)20(25)23-18-12-8-5-9-13-18/h4-13,16H,14-15H2,1-3H3,(H,22,24)(H,23,25). The molecule has 0 aliphatic carbocycles. The smallest absolute Gasteiger partial charge is 0.230 e. The predicted molar refractivity (Wildman–Crippen MR) is 102 cm³/mol. The van der Waals surface area contributed by atoms with Crippen molar-refractivity contribution in [3.8, 4) is 0 Å². The van der Waals surface area contributed by atoms with Gasteiger partial charge in [-0.25, -0.2) is 0 Å². The molecule has 0 spiro atoms. The quantitative estimate of drug-likeness (QED) is 0.768. The van der Waals surface area contributed by atoms with E-state index in [9.17, 15) is 9.59 Å². The lowest BCUT2D eigenvalue weighted by atomic mass is 9.81. The highest BCUT2D eigenvalue weighted by Gasteiger charge is 2.30. The molecule has 132 valence electrons. The Morgan fingerprint density at radius 3 is 1.88 bits per heavy atom. The molecule has 1 atom stereocenters. The third-order valence-corrected chi connectivity index (χ3v) is 4.10. The number of hydrogen-bond acceptors (Lipinski definition) is 2. The number of para-hydroxylation sites is 2. The molecule has 2 amide bonds. The van der Waals surface area contributed by atoms with Crippen LogP contribution in [0.15, 0.2) is 60.7 Å². The summed E-state index contributed by atoms with van der Waals surface area (Å²) in [5.74, 6) is 0.0345. The molecule has 1 unspecified atom stereocenters. The Hall–Kier alpha value is -2.62. The van der Waals surface area contributed by atoms with E-state index < -0.39 is 5.41 Å². The van der Waals surface area contributed by atoms with Crippen LogP contribution in [0.3, 0.4) is 0 Å². The molecule has 4 heteroatoms. The van der Waals surface area contributed by atoms with E-state index >= 15 is 0 Å². The van der Waals surface area contributed by atoms with Crippen molar-refractivity contribution in [3.63, 3.8) is 0 Å².